The van der Waals surface area contributed by atoms with Crippen LogP contribution in [0.3, 0.4) is 0 Å². The van der Waals surface area contributed by atoms with Crippen molar-refractivity contribution in [1.29, 1.82) is 5.26 Å². The van der Waals surface area contributed by atoms with Gasteiger partial charge in [0, 0.05) is 23.2 Å². The van der Waals surface area contributed by atoms with Crippen molar-refractivity contribution in [2.75, 3.05) is 0 Å². The van der Waals surface area contributed by atoms with E-state index < -0.39 is 0 Å². The molecule has 0 bridgehead atoms. The van der Waals surface area contributed by atoms with E-state index >= 15 is 0 Å². The molecule has 0 spiro atoms. The molecular weight excluding hydrogens is 639 g/mol. The third-order valence-corrected chi connectivity index (χ3v) is 5.87. The van der Waals surface area contributed by atoms with Crippen LogP contribution in [0.15, 0.2) is 103 Å². The van der Waals surface area contributed by atoms with E-state index in [0.29, 0.717) is 28.1 Å². The van der Waals surface area contributed by atoms with E-state index in [4.69, 9.17) is 6.57 Å². The smallest absolute Gasteiger partial charge is 0.258 e. The Morgan fingerprint density at radius 3 is 1.65 bits per heavy atom. The van der Waals surface area contributed by atoms with Crippen LogP contribution in [-0.4, -0.2) is 19.6 Å². The van der Waals surface area contributed by atoms with Crippen LogP contribution >= 0.6 is 0 Å². The molecule has 7 heteroatoms. The van der Waals surface area contributed by atoms with Crippen LogP contribution < -0.4 is 0 Å². The predicted octanol–water partition coefficient (Wildman–Crippen LogP) is 6.16. The van der Waals surface area contributed by atoms with Gasteiger partial charge in [0.15, 0.2) is 0 Å². The maximum Gasteiger partial charge on any atom is 2.00 e. The fraction of sp³-hybridized carbons (Fsp3) is 0. The molecule has 0 radical (unpaired) electrons. The molecule has 0 atom stereocenters. The first-order valence-electron chi connectivity index (χ1n) is 11.2. The van der Waals surface area contributed by atoms with Crippen LogP contribution in [0.1, 0.15) is 11.1 Å². The normalized spacial score (nSPS) is 10.4. The van der Waals surface area contributed by atoms with Gasteiger partial charge in [0.05, 0.1) is 23.7 Å². The van der Waals surface area contributed by atoms with Crippen LogP contribution in [-0.2, 0) is 21.1 Å². The Balaban J connectivity index is 0.00000280. The summed E-state index contributed by atoms with van der Waals surface area (Å²) in [6.07, 6.45) is 3.87. The third-order valence-electron chi connectivity index (χ3n) is 5.87. The van der Waals surface area contributed by atoms with Crippen molar-refractivity contribution < 1.29 is 21.1 Å². The Kier molecular flexibility index (Phi) is 6.52. The number of hydrogen-bond donors (Lipinski definition) is 0. The van der Waals surface area contributed by atoms with Crippen LogP contribution in [0.25, 0.3) is 43.6 Å². The molecule has 6 nitrogen and oxygen atoms in total. The largest absolute Gasteiger partial charge is 2.00 e. The van der Waals surface area contributed by atoms with Gasteiger partial charge in [-0.3, -0.25) is 9.36 Å². The summed E-state index contributed by atoms with van der Waals surface area (Å²) in [5, 5.41) is 21.1. The van der Waals surface area contributed by atoms with Gasteiger partial charge in [-0.1, -0.05) is 42.0 Å². The predicted molar refractivity (Wildman–Crippen MR) is 138 cm³/mol. The number of fused-ring (bicyclic) bond motifs is 2. The number of rotatable bonds is 4. The summed E-state index contributed by atoms with van der Waals surface area (Å²) in [6.45, 7) is 7.65. The van der Waals surface area contributed by atoms with Crippen LogP contribution in [0.5, 0.6) is 0 Å². The molecule has 4 aromatic carbocycles. The maximum atomic E-state index is 9.80. The maximum absolute atomic E-state index is 9.80. The second-order valence-corrected chi connectivity index (χ2v) is 8.11. The van der Waals surface area contributed by atoms with Gasteiger partial charge in [-0.15, -0.1) is 48.5 Å². The minimum Gasteiger partial charge on any atom is -0.258 e. The molecule has 0 aliphatic heterocycles. The number of nitriles is 1. The fourth-order valence-electron chi connectivity index (χ4n) is 4.19. The molecule has 2 heterocycles. The molecule has 0 fully saturated rings. The Labute approximate surface area is 227 Å². The first kappa shape index (κ1) is 23.9. The van der Waals surface area contributed by atoms with Crippen molar-refractivity contribution in [1.82, 2.24) is 19.6 Å². The first-order chi connectivity index (χ1) is 17.7. The molecule has 2 aromatic heterocycles. The van der Waals surface area contributed by atoms with Gasteiger partial charge in [-0.25, -0.2) is 10.1 Å². The first-order valence-corrected chi connectivity index (χ1v) is 11.2. The molecule has 6 rings (SSSR count). The van der Waals surface area contributed by atoms with Gasteiger partial charge >= 0.3 is 21.1 Å². The molecule has 0 saturated heterocycles. The molecule has 0 saturated carbocycles. The minimum atomic E-state index is -0.0342. The quantitative estimate of drug-likeness (QED) is 0.169. The number of benzene rings is 4. The summed E-state index contributed by atoms with van der Waals surface area (Å²) in [4.78, 5) is 3.52. The van der Waals surface area contributed by atoms with Crippen molar-refractivity contribution in [2.24, 2.45) is 0 Å². The SMILES string of the molecule is [C-]#[N+]C(C#N)=C(c1[c-]c(-n2cc3ccccc3n2)ccc1)c1[c-]c(-n2cc3ccccc3n2)ccc1.[Pt+2]. The average molecular weight is 656 g/mol. The molecule has 176 valence electrons. The molecule has 0 aliphatic carbocycles. The molecule has 0 amide bonds. The van der Waals surface area contributed by atoms with E-state index in [2.05, 4.69) is 33.2 Å². The zero-order valence-corrected chi connectivity index (χ0v) is 21.5. The molecule has 0 aliphatic rings. The zero-order chi connectivity index (χ0) is 24.5. The summed E-state index contributed by atoms with van der Waals surface area (Å²) in [5.74, 6) is 0. The molecule has 6 aromatic rings. The van der Waals surface area contributed by atoms with Gasteiger partial charge < -0.3 is 0 Å². The molecule has 37 heavy (non-hydrogen) atoms. The number of aromatic nitrogens is 4. The Morgan fingerprint density at radius 2 is 1.22 bits per heavy atom. The Morgan fingerprint density at radius 1 is 0.730 bits per heavy atom. The molecule has 0 unspecified atom stereocenters. The van der Waals surface area contributed by atoms with Crippen LogP contribution in [0.4, 0.5) is 0 Å². The summed E-state index contributed by atoms with van der Waals surface area (Å²) in [7, 11) is 0. The number of nitrogens with zero attached hydrogens (tertiary/aromatic N) is 6. The third kappa shape index (κ3) is 4.47. The van der Waals surface area contributed by atoms with Crippen LogP contribution in [0, 0.1) is 30.0 Å². The molecular formula is C30H16N6Pt. The Bertz CT molecular complexity index is 1680. The number of hydrogen-bond acceptors (Lipinski definition) is 3. The van der Waals surface area contributed by atoms with Gasteiger partial charge in [0.2, 0.25) is 5.70 Å². The summed E-state index contributed by atoms with van der Waals surface area (Å²) in [6, 6.07) is 35.7. The second kappa shape index (κ2) is 10.1. The van der Waals surface area contributed by atoms with E-state index in [0.717, 1.165) is 21.8 Å². The van der Waals surface area contributed by atoms with E-state index in [9.17, 15) is 5.26 Å². The van der Waals surface area contributed by atoms with Crippen molar-refractivity contribution in [2.45, 2.75) is 0 Å². The second-order valence-electron chi connectivity index (χ2n) is 8.11. The Hall–Kier alpha value is -4.77. The zero-order valence-electron chi connectivity index (χ0n) is 19.2. The topological polar surface area (TPSA) is 63.8 Å². The summed E-state index contributed by atoms with van der Waals surface area (Å²) >= 11 is 0. The van der Waals surface area contributed by atoms with E-state index in [1.54, 1.807) is 9.36 Å². The van der Waals surface area contributed by atoms with Gasteiger partial charge in [-0.05, 0) is 23.5 Å². The minimum absolute atomic E-state index is 0. The van der Waals surface area contributed by atoms with E-state index in [-0.39, 0.29) is 26.8 Å². The van der Waals surface area contributed by atoms with Crippen molar-refractivity contribution in [3.05, 3.63) is 138 Å². The monoisotopic (exact) mass is 655 g/mol. The van der Waals surface area contributed by atoms with E-state index in [1.807, 2.05) is 97.3 Å². The number of allylic oxidation sites excluding steroid dienone is 1. The summed E-state index contributed by atoms with van der Waals surface area (Å²) < 4.78 is 3.51. The van der Waals surface area contributed by atoms with Crippen molar-refractivity contribution in [3.8, 4) is 17.4 Å². The average Bonchev–Trinajstić information content (AvgIpc) is 3.56. The standard InChI is InChI=1S/C30H16N6.Pt/c1-32-29(18-31)30(21-10-6-12-25(16-21)35-19-23-8-2-4-14-27(23)33-35)22-11-7-13-26(17-22)36-20-24-9-3-5-15-28(24)34-36;/h2-15,19-20H;/q-2;+2. The molecule has 0 N–H and O–H groups in total. The van der Waals surface area contributed by atoms with E-state index in [1.165, 1.54) is 0 Å². The fourth-order valence-corrected chi connectivity index (χ4v) is 4.19. The summed E-state index contributed by atoms with van der Waals surface area (Å²) in [5.41, 5.74) is 4.81. The van der Waals surface area contributed by atoms with Gasteiger partial charge in [0.1, 0.15) is 0 Å². The van der Waals surface area contributed by atoms with Crippen molar-refractivity contribution >= 4 is 27.4 Å². The van der Waals surface area contributed by atoms with Gasteiger partial charge in [0.25, 0.3) is 0 Å². The van der Waals surface area contributed by atoms with Crippen molar-refractivity contribution in [3.63, 3.8) is 0 Å². The van der Waals surface area contributed by atoms with Gasteiger partial charge in [-0.2, -0.15) is 21.3 Å². The van der Waals surface area contributed by atoms with Crippen LogP contribution in [0.2, 0.25) is 0 Å².